The molecule has 1 aliphatic rings. The van der Waals surface area contributed by atoms with Crippen LogP contribution < -0.4 is 10.2 Å². The minimum Gasteiger partial charge on any atom is -0.325 e. The predicted molar refractivity (Wildman–Crippen MR) is 101 cm³/mol. The van der Waals surface area contributed by atoms with Gasteiger partial charge in [-0.25, -0.2) is 9.97 Å². The molecule has 1 aliphatic heterocycles. The van der Waals surface area contributed by atoms with Gasteiger partial charge in [-0.3, -0.25) is 4.79 Å². The number of hydrogen-bond donors (Lipinski definition) is 2. The summed E-state index contributed by atoms with van der Waals surface area (Å²) in [7, 11) is 0. The summed E-state index contributed by atoms with van der Waals surface area (Å²) in [5.41, 5.74) is 2.57. The first-order chi connectivity index (χ1) is 12.5. The zero-order valence-corrected chi connectivity index (χ0v) is 16.2. The van der Waals surface area contributed by atoms with E-state index in [4.69, 9.17) is 0 Å². The van der Waals surface area contributed by atoms with Crippen LogP contribution >= 0.6 is 0 Å². The number of nitrogens with zero attached hydrogens (tertiary/aromatic N) is 4. The highest BCUT2D eigenvalue weighted by Crippen LogP contribution is 2.15. The Morgan fingerprint density at radius 2 is 1.92 bits per heavy atom. The van der Waals surface area contributed by atoms with Gasteiger partial charge in [0.05, 0.1) is 18.3 Å². The first-order valence-corrected chi connectivity index (χ1v) is 9.50. The molecule has 1 fully saturated rings. The summed E-state index contributed by atoms with van der Waals surface area (Å²) in [5, 5.41) is 7.49. The molecule has 140 valence electrons. The van der Waals surface area contributed by atoms with Crippen molar-refractivity contribution in [1.82, 2.24) is 19.7 Å². The number of carbonyl (C=O) groups is 1. The number of nitrogens with one attached hydrogen (secondary N) is 2. The van der Waals surface area contributed by atoms with Crippen molar-refractivity contribution in [3.05, 3.63) is 29.2 Å². The molecule has 0 bridgehead atoms. The number of piperidine rings is 1. The van der Waals surface area contributed by atoms with Gasteiger partial charge >= 0.3 is 0 Å². The lowest BCUT2D eigenvalue weighted by atomic mass is 10.0. The first kappa shape index (κ1) is 18.5. The number of likely N-dealkylation sites (tertiary alicyclic amines) is 1. The molecular weight excluding hydrogens is 328 g/mol. The van der Waals surface area contributed by atoms with Crippen LogP contribution in [0.1, 0.15) is 49.7 Å². The van der Waals surface area contributed by atoms with Crippen molar-refractivity contribution in [1.29, 1.82) is 0 Å². The molecule has 1 saturated heterocycles. The summed E-state index contributed by atoms with van der Waals surface area (Å²) < 4.78 is 1.62. The molecule has 1 amide bonds. The first-order valence-electron chi connectivity index (χ1n) is 9.50. The molecule has 2 atom stereocenters. The maximum absolute atomic E-state index is 12.7. The third-order valence-corrected chi connectivity index (χ3v) is 5.02. The monoisotopic (exact) mass is 357 g/mol. The van der Waals surface area contributed by atoms with Crippen LogP contribution in [0.15, 0.2) is 12.1 Å². The fourth-order valence-electron chi connectivity index (χ4n) is 3.81. The number of amides is 1. The fourth-order valence-corrected chi connectivity index (χ4v) is 3.81. The standard InChI is InChI=1S/C19H28N6O/c1-5-16-8-6-7-9-24(16)12-18(26)22-17-11-15(4)23-25(17)19-20-13(2)10-14(3)21-19/h10-11,16H,5-9,12H2,1-4H3,(H,22,26)/p+1/t16-/m0/s1. The van der Waals surface area contributed by atoms with Gasteiger partial charge in [-0.1, -0.05) is 6.92 Å². The van der Waals surface area contributed by atoms with Crippen molar-refractivity contribution in [2.75, 3.05) is 18.4 Å². The van der Waals surface area contributed by atoms with Crippen molar-refractivity contribution in [2.45, 2.75) is 59.4 Å². The molecule has 2 aromatic heterocycles. The average Bonchev–Trinajstić information content (AvgIpc) is 2.94. The fraction of sp³-hybridized carbons (Fsp3) is 0.579. The molecule has 3 rings (SSSR count). The van der Waals surface area contributed by atoms with E-state index in [-0.39, 0.29) is 5.91 Å². The van der Waals surface area contributed by atoms with E-state index in [9.17, 15) is 4.79 Å². The summed E-state index contributed by atoms with van der Waals surface area (Å²) in [6.07, 6.45) is 4.81. The second-order valence-electron chi connectivity index (χ2n) is 7.27. The van der Waals surface area contributed by atoms with E-state index in [1.54, 1.807) is 4.68 Å². The van der Waals surface area contributed by atoms with Crippen molar-refractivity contribution in [3.63, 3.8) is 0 Å². The highest BCUT2D eigenvalue weighted by molar-refractivity contribution is 5.90. The summed E-state index contributed by atoms with van der Waals surface area (Å²) in [5.74, 6) is 1.13. The summed E-state index contributed by atoms with van der Waals surface area (Å²) in [4.78, 5) is 23.0. The molecule has 7 heteroatoms. The van der Waals surface area contributed by atoms with Crippen LogP contribution in [-0.2, 0) is 4.79 Å². The van der Waals surface area contributed by atoms with E-state index in [0.717, 1.165) is 30.0 Å². The van der Waals surface area contributed by atoms with Crippen LogP contribution in [0, 0.1) is 20.8 Å². The Morgan fingerprint density at radius 1 is 1.19 bits per heavy atom. The number of aromatic nitrogens is 4. The number of hydrogen-bond acceptors (Lipinski definition) is 4. The Morgan fingerprint density at radius 3 is 2.62 bits per heavy atom. The summed E-state index contributed by atoms with van der Waals surface area (Å²) in [6.45, 7) is 9.54. The van der Waals surface area contributed by atoms with Gasteiger partial charge in [-0.2, -0.15) is 9.78 Å². The quantitative estimate of drug-likeness (QED) is 0.847. The molecule has 0 aliphatic carbocycles. The lowest BCUT2D eigenvalue weighted by Crippen LogP contribution is -3.17. The highest BCUT2D eigenvalue weighted by atomic mass is 16.2. The molecular formula is C19H29N6O+. The lowest BCUT2D eigenvalue weighted by molar-refractivity contribution is -0.923. The zero-order chi connectivity index (χ0) is 18.7. The molecule has 0 aromatic carbocycles. The lowest BCUT2D eigenvalue weighted by Gasteiger charge is -2.31. The van der Waals surface area contributed by atoms with E-state index in [2.05, 4.69) is 27.3 Å². The minimum absolute atomic E-state index is 0.0193. The van der Waals surface area contributed by atoms with Crippen LogP contribution in [0.3, 0.4) is 0 Å². The Bertz CT molecular complexity index is 764. The number of rotatable bonds is 5. The number of quaternary nitrogens is 1. The van der Waals surface area contributed by atoms with Crippen LogP contribution in [0.5, 0.6) is 0 Å². The Kier molecular flexibility index (Phi) is 5.66. The van der Waals surface area contributed by atoms with Crippen molar-refractivity contribution in [3.8, 4) is 5.95 Å². The van der Waals surface area contributed by atoms with Crippen LogP contribution in [-0.4, -0.2) is 44.8 Å². The molecule has 7 nitrogen and oxygen atoms in total. The smallest absolute Gasteiger partial charge is 0.280 e. The molecule has 3 heterocycles. The normalized spacial score (nSPS) is 20.2. The molecule has 2 aromatic rings. The zero-order valence-electron chi connectivity index (χ0n) is 16.2. The SMILES string of the molecule is CC[C@H]1CCCC[NH+]1CC(=O)Nc1cc(C)nn1-c1nc(C)cc(C)n1. The van der Waals surface area contributed by atoms with Crippen LogP contribution in [0.4, 0.5) is 5.82 Å². The van der Waals surface area contributed by atoms with Gasteiger partial charge in [0.15, 0.2) is 6.54 Å². The molecule has 0 saturated carbocycles. The van der Waals surface area contributed by atoms with Gasteiger partial charge in [0.1, 0.15) is 5.82 Å². The molecule has 1 unspecified atom stereocenters. The summed E-state index contributed by atoms with van der Waals surface area (Å²) in [6, 6.07) is 4.37. The predicted octanol–water partition coefficient (Wildman–Crippen LogP) is 1.37. The summed E-state index contributed by atoms with van der Waals surface area (Å²) >= 11 is 0. The largest absolute Gasteiger partial charge is 0.325 e. The van der Waals surface area contributed by atoms with Crippen molar-refractivity contribution in [2.24, 2.45) is 0 Å². The van der Waals surface area contributed by atoms with Crippen LogP contribution in [0.25, 0.3) is 5.95 Å². The maximum Gasteiger partial charge on any atom is 0.280 e. The Balaban J connectivity index is 1.76. The number of aryl methyl sites for hydroxylation is 3. The van der Waals surface area contributed by atoms with Gasteiger partial charge < -0.3 is 10.2 Å². The van der Waals surface area contributed by atoms with Crippen molar-refractivity contribution < 1.29 is 9.69 Å². The Hall–Kier alpha value is -2.28. The van der Waals surface area contributed by atoms with Crippen LogP contribution in [0.2, 0.25) is 0 Å². The van der Waals surface area contributed by atoms with E-state index >= 15 is 0 Å². The van der Waals surface area contributed by atoms with E-state index < -0.39 is 0 Å². The molecule has 26 heavy (non-hydrogen) atoms. The van der Waals surface area contributed by atoms with Crippen molar-refractivity contribution >= 4 is 11.7 Å². The number of carbonyl (C=O) groups excluding carboxylic acids is 1. The van der Waals surface area contributed by atoms with E-state index in [1.165, 1.54) is 24.2 Å². The maximum atomic E-state index is 12.7. The van der Waals surface area contributed by atoms with Gasteiger partial charge in [0, 0.05) is 17.5 Å². The van der Waals surface area contributed by atoms with Gasteiger partial charge in [-0.05, 0) is 52.5 Å². The molecule has 2 N–H and O–H groups in total. The third kappa shape index (κ3) is 4.27. The second kappa shape index (κ2) is 7.95. The topological polar surface area (TPSA) is 77.1 Å². The Labute approximate surface area is 154 Å². The average molecular weight is 357 g/mol. The minimum atomic E-state index is 0.0193. The molecule has 0 radical (unpaired) electrons. The second-order valence-corrected chi connectivity index (χ2v) is 7.27. The highest BCUT2D eigenvalue weighted by Gasteiger charge is 2.27. The van der Waals surface area contributed by atoms with E-state index in [0.29, 0.717) is 24.4 Å². The van der Waals surface area contributed by atoms with E-state index in [1.807, 2.05) is 32.9 Å². The third-order valence-electron chi connectivity index (χ3n) is 5.02. The molecule has 0 spiro atoms. The van der Waals surface area contributed by atoms with Gasteiger partial charge in [0.25, 0.3) is 11.9 Å². The number of anilines is 1. The van der Waals surface area contributed by atoms with Gasteiger partial charge in [-0.15, -0.1) is 0 Å². The van der Waals surface area contributed by atoms with Gasteiger partial charge in [0.2, 0.25) is 0 Å².